The van der Waals surface area contributed by atoms with Crippen molar-refractivity contribution in [2.24, 2.45) is 0 Å². The lowest BCUT2D eigenvalue weighted by Crippen LogP contribution is -2.18. The Labute approximate surface area is 123 Å². The summed E-state index contributed by atoms with van der Waals surface area (Å²) >= 11 is 1.59. The Morgan fingerprint density at radius 2 is 2.25 bits per heavy atom. The third kappa shape index (κ3) is 3.71. The molecule has 0 saturated heterocycles. The molecule has 1 unspecified atom stereocenters. The zero-order valence-electron chi connectivity index (χ0n) is 12.1. The second-order valence-electron chi connectivity index (χ2n) is 4.40. The topological polar surface area (TPSA) is 43.4 Å². The molecule has 0 bridgehead atoms. The molecule has 1 heterocycles. The van der Waals surface area contributed by atoms with Gasteiger partial charge in [-0.2, -0.15) is 0 Å². The zero-order chi connectivity index (χ0) is 14.4. The highest BCUT2D eigenvalue weighted by Gasteiger charge is 2.12. The monoisotopic (exact) mass is 292 g/mol. The summed E-state index contributed by atoms with van der Waals surface area (Å²) in [5.41, 5.74) is 1.13. The van der Waals surface area contributed by atoms with Gasteiger partial charge in [0.2, 0.25) is 0 Å². The first-order valence-electron chi connectivity index (χ1n) is 6.67. The predicted octanol–water partition coefficient (Wildman–Crippen LogP) is 3.40. The van der Waals surface area contributed by atoms with E-state index >= 15 is 0 Å². The highest BCUT2D eigenvalue weighted by atomic mass is 32.1. The van der Waals surface area contributed by atoms with Gasteiger partial charge in [0.05, 0.1) is 7.11 Å². The van der Waals surface area contributed by atoms with E-state index in [0.717, 1.165) is 28.6 Å². The normalized spacial score (nSPS) is 12.2. The molecule has 0 aliphatic rings. The van der Waals surface area contributed by atoms with E-state index in [4.69, 9.17) is 9.47 Å². The van der Waals surface area contributed by atoms with Crippen LogP contribution in [0.1, 0.15) is 30.5 Å². The number of ether oxygens (including phenoxy) is 2. The van der Waals surface area contributed by atoms with Gasteiger partial charge in [-0.3, -0.25) is 0 Å². The Kier molecular flexibility index (Phi) is 5.38. The molecule has 0 aliphatic heterocycles. The number of thiazole rings is 1. The van der Waals surface area contributed by atoms with Crippen LogP contribution in [-0.4, -0.2) is 18.6 Å². The van der Waals surface area contributed by atoms with Gasteiger partial charge in [-0.1, -0.05) is 13.0 Å². The van der Waals surface area contributed by atoms with Crippen LogP contribution < -0.4 is 14.8 Å². The van der Waals surface area contributed by atoms with Gasteiger partial charge in [0, 0.05) is 29.2 Å². The molecule has 1 aromatic heterocycles. The predicted molar refractivity (Wildman–Crippen MR) is 81.5 cm³/mol. The van der Waals surface area contributed by atoms with Crippen molar-refractivity contribution in [1.82, 2.24) is 10.3 Å². The summed E-state index contributed by atoms with van der Waals surface area (Å²) in [5, 5.41) is 6.32. The number of nitrogens with zero attached hydrogens (tertiary/aromatic N) is 1. The van der Waals surface area contributed by atoms with Gasteiger partial charge < -0.3 is 14.8 Å². The summed E-state index contributed by atoms with van der Waals surface area (Å²) in [6, 6.07) is 6.16. The van der Waals surface area contributed by atoms with Crippen LogP contribution in [0, 0.1) is 0 Å². The Hall–Kier alpha value is -1.59. The van der Waals surface area contributed by atoms with Gasteiger partial charge >= 0.3 is 0 Å². The molecule has 1 N–H and O–H groups in total. The van der Waals surface area contributed by atoms with Crippen LogP contribution in [0.3, 0.4) is 0 Å². The van der Waals surface area contributed by atoms with E-state index in [1.807, 2.05) is 23.6 Å². The minimum absolute atomic E-state index is 0.234. The third-order valence-corrected chi connectivity index (χ3v) is 3.79. The molecule has 0 spiro atoms. The maximum Gasteiger partial charge on any atom is 0.140 e. The standard InChI is InChI=1S/C15H20N2O2S/c1-4-16-11(2)13-6-5-12(18-3)9-14(13)19-10-15-17-7-8-20-15/h5-9,11,16H,4,10H2,1-3H3. The number of hydrogen-bond donors (Lipinski definition) is 1. The summed E-state index contributed by atoms with van der Waals surface area (Å²) in [6.45, 7) is 5.62. The lowest BCUT2D eigenvalue weighted by atomic mass is 10.1. The number of hydrogen-bond acceptors (Lipinski definition) is 5. The van der Waals surface area contributed by atoms with E-state index in [0.29, 0.717) is 6.61 Å². The van der Waals surface area contributed by atoms with Gasteiger partial charge in [-0.15, -0.1) is 11.3 Å². The Morgan fingerprint density at radius 3 is 2.90 bits per heavy atom. The fourth-order valence-electron chi connectivity index (χ4n) is 2.00. The highest BCUT2D eigenvalue weighted by Crippen LogP contribution is 2.30. The molecular weight excluding hydrogens is 272 g/mol. The van der Waals surface area contributed by atoms with Crippen molar-refractivity contribution in [3.63, 3.8) is 0 Å². The van der Waals surface area contributed by atoms with Crippen molar-refractivity contribution in [2.75, 3.05) is 13.7 Å². The van der Waals surface area contributed by atoms with Crippen LogP contribution in [-0.2, 0) is 6.61 Å². The highest BCUT2D eigenvalue weighted by molar-refractivity contribution is 7.09. The SMILES string of the molecule is CCNC(C)c1ccc(OC)cc1OCc1nccs1. The molecule has 5 heteroatoms. The molecule has 0 radical (unpaired) electrons. The molecule has 0 aliphatic carbocycles. The molecule has 1 atom stereocenters. The lowest BCUT2D eigenvalue weighted by molar-refractivity contribution is 0.296. The Morgan fingerprint density at radius 1 is 1.40 bits per heavy atom. The minimum atomic E-state index is 0.234. The number of aromatic nitrogens is 1. The smallest absolute Gasteiger partial charge is 0.140 e. The maximum atomic E-state index is 5.92. The second-order valence-corrected chi connectivity index (χ2v) is 5.38. The van der Waals surface area contributed by atoms with E-state index in [9.17, 15) is 0 Å². The molecule has 2 rings (SSSR count). The quantitative estimate of drug-likeness (QED) is 0.849. The molecule has 2 aromatic rings. The molecule has 0 amide bonds. The molecule has 108 valence electrons. The van der Waals surface area contributed by atoms with Gasteiger partial charge in [0.25, 0.3) is 0 Å². The lowest BCUT2D eigenvalue weighted by Gasteiger charge is -2.18. The van der Waals surface area contributed by atoms with E-state index in [1.54, 1.807) is 24.6 Å². The molecule has 1 aromatic carbocycles. The second kappa shape index (κ2) is 7.26. The summed E-state index contributed by atoms with van der Waals surface area (Å²) < 4.78 is 11.2. The first kappa shape index (κ1) is 14.8. The fraction of sp³-hybridized carbons (Fsp3) is 0.400. The van der Waals surface area contributed by atoms with E-state index in [-0.39, 0.29) is 6.04 Å². The summed E-state index contributed by atoms with van der Waals surface area (Å²) in [7, 11) is 1.66. The van der Waals surface area contributed by atoms with Crippen LogP contribution in [0.2, 0.25) is 0 Å². The van der Waals surface area contributed by atoms with Crippen LogP contribution in [0.25, 0.3) is 0 Å². The van der Waals surface area contributed by atoms with Gasteiger partial charge in [-0.25, -0.2) is 4.98 Å². The Balaban J connectivity index is 2.18. The van der Waals surface area contributed by atoms with Crippen LogP contribution >= 0.6 is 11.3 Å². The van der Waals surface area contributed by atoms with Gasteiger partial charge in [0.1, 0.15) is 23.1 Å². The van der Waals surface area contributed by atoms with Crippen LogP contribution in [0.15, 0.2) is 29.8 Å². The first-order valence-corrected chi connectivity index (χ1v) is 7.55. The molecule has 4 nitrogen and oxygen atoms in total. The molecule has 20 heavy (non-hydrogen) atoms. The van der Waals surface area contributed by atoms with E-state index < -0.39 is 0 Å². The van der Waals surface area contributed by atoms with Crippen molar-refractivity contribution in [2.45, 2.75) is 26.5 Å². The van der Waals surface area contributed by atoms with Crippen molar-refractivity contribution in [3.8, 4) is 11.5 Å². The third-order valence-electron chi connectivity index (χ3n) is 3.03. The van der Waals surface area contributed by atoms with Gasteiger partial charge in [0.15, 0.2) is 0 Å². The number of benzene rings is 1. The van der Waals surface area contributed by atoms with E-state index in [2.05, 4.69) is 24.1 Å². The van der Waals surface area contributed by atoms with Crippen molar-refractivity contribution in [1.29, 1.82) is 0 Å². The van der Waals surface area contributed by atoms with Crippen LogP contribution in [0.5, 0.6) is 11.5 Å². The summed E-state index contributed by atoms with van der Waals surface area (Å²) in [6.07, 6.45) is 1.79. The summed E-state index contributed by atoms with van der Waals surface area (Å²) in [5.74, 6) is 1.64. The fourth-order valence-corrected chi connectivity index (χ4v) is 2.53. The average Bonchev–Trinajstić information content (AvgIpc) is 2.98. The molecule has 0 fully saturated rings. The Bertz CT molecular complexity index is 529. The number of methoxy groups -OCH3 is 1. The molecule has 0 saturated carbocycles. The molecular formula is C15H20N2O2S. The van der Waals surface area contributed by atoms with Crippen molar-refractivity contribution in [3.05, 3.63) is 40.3 Å². The van der Waals surface area contributed by atoms with Crippen molar-refractivity contribution >= 4 is 11.3 Å². The minimum Gasteiger partial charge on any atom is -0.497 e. The van der Waals surface area contributed by atoms with Gasteiger partial charge in [-0.05, 0) is 19.5 Å². The summed E-state index contributed by atoms with van der Waals surface area (Å²) in [4.78, 5) is 4.23. The maximum absolute atomic E-state index is 5.92. The van der Waals surface area contributed by atoms with E-state index in [1.165, 1.54) is 0 Å². The first-order chi connectivity index (χ1) is 9.74. The van der Waals surface area contributed by atoms with Crippen LogP contribution in [0.4, 0.5) is 0 Å². The largest absolute Gasteiger partial charge is 0.497 e. The number of nitrogens with one attached hydrogen (secondary N) is 1. The zero-order valence-corrected chi connectivity index (χ0v) is 12.9. The average molecular weight is 292 g/mol. The van der Waals surface area contributed by atoms with Crippen molar-refractivity contribution < 1.29 is 9.47 Å². The number of rotatable bonds is 7.